The second kappa shape index (κ2) is 7.67. The molecule has 1 fully saturated rings. The molecule has 0 atom stereocenters. The molecule has 5 heteroatoms. The molecule has 3 rings (SSSR count). The predicted molar refractivity (Wildman–Crippen MR) is 99.4 cm³/mol. The minimum absolute atomic E-state index is 0.123. The summed E-state index contributed by atoms with van der Waals surface area (Å²) in [5.74, 6) is 0.506. The van der Waals surface area contributed by atoms with Crippen LogP contribution >= 0.6 is 11.6 Å². The van der Waals surface area contributed by atoms with Gasteiger partial charge in [0.05, 0.1) is 6.54 Å². The summed E-state index contributed by atoms with van der Waals surface area (Å²) in [6.45, 7) is 1.46. The van der Waals surface area contributed by atoms with E-state index in [9.17, 15) is 0 Å². The monoisotopic (exact) mass is 342 g/mol. The normalized spacial score (nSPS) is 16.5. The van der Waals surface area contributed by atoms with Crippen molar-refractivity contribution in [1.82, 2.24) is 10.3 Å². The molecule has 0 amide bonds. The molecule has 126 valence electrons. The zero-order valence-corrected chi connectivity index (χ0v) is 14.5. The average Bonchev–Trinajstić information content (AvgIpc) is 2.56. The van der Waals surface area contributed by atoms with Crippen LogP contribution in [0.4, 0.5) is 0 Å². The molecule has 1 heterocycles. The number of rotatable bonds is 6. The van der Waals surface area contributed by atoms with Gasteiger partial charge in [0.1, 0.15) is 0 Å². The van der Waals surface area contributed by atoms with E-state index < -0.39 is 0 Å². The molecule has 0 aliphatic heterocycles. The Kier molecular flexibility index (Phi) is 5.36. The first kappa shape index (κ1) is 16.8. The third kappa shape index (κ3) is 4.06. The van der Waals surface area contributed by atoms with E-state index >= 15 is 0 Å². The largest absolute Gasteiger partial charge is 0.370 e. The number of nitrogens with zero attached hydrogens (tertiary/aromatic N) is 2. The van der Waals surface area contributed by atoms with Crippen LogP contribution in [0.3, 0.4) is 0 Å². The van der Waals surface area contributed by atoms with Crippen molar-refractivity contribution in [3.05, 3.63) is 64.9 Å². The van der Waals surface area contributed by atoms with E-state index in [0.717, 1.165) is 43.1 Å². The Labute approximate surface area is 148 Å². The van der Waals surface area contributed by atoms with Gasteiger partial charge >= 0.3 is 0 Å². The molecule has 0 bridgehead atoms. The SMILES string of the molecule is NC(=NCC1(c2ccc(Cl)cc2)CCC1)NCCc1ccccn1. The van der Waals surface area contributed by atoms with E-state index in [4.69, 9.17) is 17.3 Å². The van der Waals surface area contributed by atoms with Crippen LogP contribution in [0.25, 0.3) is 0 Å². The van der Waals surface area contributed by atoms with Crippen LogP contribution in [0.5, 0.6) is 0 Å². The van der Waals surface area contributed by atoms with Gasteiger partial charge in [0, 0.05) is 35.3 Å². The molecule has 3 N–H and O–H groups in total. The molecule has 0 spiro atoms. The van der Waals surface area contributed by atoms with E-state index in [-0.39, 0.29) is 5.41 Å². The van der Waals surface area contributed by atoms with Gasteiger partial charge in [0.25, 0.3) is 0 Å². The Hall–Kier alpha value is -2.07. The molecule has 1 aromatic carbocycles. The number of hydrogen-bond donors (Lipinski definition) is 2. The second-order valence-corrected chi connectivity index (χ2v) is 6.78. The van der Waals surface area contributed by atoms with Gasteiger partial charge in [-0.2, -0.15) is 0 Å². The van der Waals surface area contributed by atoms with Crippen LogP contribution in [0.2, 0.25) is 5.02 Å². The fraction of sp³-hybridized carbons (Fsp3) is 0.368. The van der Waals surface area contributed by atoms with Gasteiger partial charge in [0.2, 0.25) is 0 Å². The summed E-state index contributed by atoms with van der Waals surface area (Å²) in [7, 11) is 0. The molecule has 0 radical (unpaired) electrons. The maximum atomic E-state index is 6.02. The first-order valence-corrected chi connectivity index (χ1v) is 8.76. The number of guanidine groups is 1. The van der Waals surface area contributed by atoms with Gasteiger partial charge in [-0.15, -0.1) is 0 Å². The molecule has 1 saturated carbocycles. The number of halogens is 1. The lowest BCUT2D eigenvalue weighted by Gasteiger charge is -2.41. The molecule has 1 aromatic heterocycles. The number of nitrogens with two attached hydrogens (primary N) is 1. The van der Waals surface area contributed by atoms with E-state index in [1.165, 1.54) is 12.0 Å². The summed E-state index contributed by atoms with van der Waals surface area (Å²) in [6, 6.07) is 14.1. The molecule has 1 aliphatic rings. The van der Waals surface area contributed by atoms with Crippen LogP contribution in [0.15, 0.2) is 53.7 Å². The highest BCUT2D eigenvalue weighted by molar-refractivity contribution is 6.30. The summed E-state index contributed by atoms with van der Waals surface area (Å²) in [5.41, 5.74) is 8.51. The smallest absolute Gasteiger partial charge is 0.188 e. The Morgan fingerprint density at radius 2 is 2.00 bits per heavy atom. The van der Waals surface area contributed by atoms with Crippen molar-refractivity contribution in [2.75, 3.05) is 13.1 Å². The fourth-order valence-corrected chi connectivity index (χ4v) is 3.23. The van der Waals surface area contributed by atoms with Crippen LogP contribution in [-0.2, 0) is 11.8 Å². The predicted octanol–water partition coefficient (Wildman–Crippen LogP) is 3.30. The van der Waals surface area contributed by atoms with E-state index in [0.29, 0.717) is 5.96 Å². The molecular weight excluding hydrogens is 320 g/mol. The number of pyridine rings is 1. The number of aromatic nitrogens is 1. The zero-order valence-electron chi connectivity index (χ0n) is 13.7. The van der Waals surface area contributed by atoms with Gasteiger partial charge in [-0.25, -0.2) is 0 Å². The van der Waals surface area contributed by atoms with Crippen LogP contribution in [0, 0.1) is 0 Å². The van der Waals surface area contributed by atoms with Gasteiger partial charge in [0.15, 0.2) is 5.96 Å². The first-order chi connectivity index (χ1) is 11.7. The van der Waals surface area contributed by atoms with Crippen molar-refractivity contribution < 1.29 is 0 Å². The van der Waals surface area contributed by atoms with E-state index in [2.05, 4.69) is 27.4 Å². The Balaban J connectivity index is 1.54. The summed E-state index contributed by atoms with van der Waals surface area (Å²) in [4.78, 5) is 8.88. The lowest BCUT2D eigenvalue weighted by atomic mass is 9.64. The van der Waals surface area contributed by atoms with E-state index in [1.54, 1.807) is 6.20 Å². The van der Waals surface area contributed by atoms with E-state index in [1.807, 2.05) is 30.3 Å². The molecule has 4 nitrogen and oxygen atoms in total. The van der Waals surface area contributed by atoms with Crippen molar-refractivity contribution in [1.29, 1.82) is 0 Å². The van der Waals surface area contributed by atoms with Crippen LogP contribution in [0.1, 0.15) is 30.5 Å². The van der Waals surface area contributed by atoms with Crippen molar-refractivity contribution in [2.24, 2.45) is 10.7 Å². The number of aliphatic imine (C=N–C) groups is 1. The quantitative estimate of drug-likeness (QED) is 0.625. The minimum Gasteiger partial charge on any atom is -0.370 e. The summed E-state index contributed by atoms with van der Waals surface area (Å²) >= 11 is 6.00. The Bertz CT molecular complexity index is 678. The number of hydrogen-bond acceptors (Lipinski definition) is 2. The van der Waals surface area contributed by atoms with Gasteiger partial charge in [-0.05, 0) is 42.7 Å². The molecule has 24 heavy (non-hydrogen) atoms. The first-order valence-electron chi connectivity index (χ1n) is 8.38. The molecular formula is C19H23ClN4. The third-order valence-corrected chi connectivity index (χ3v) is 4.98. The van der Waals surface area contributed by atoms with Crippen LogP contribution < -0.4 is 11.1 Å². The van der Waals surface area contributed by atoms with Gasteiger partial charge in [-0.3, -0.25) is 9.98 Å². The highest BCUT2D eigenvalue weighted by Crippen LogP contribution is 2.44. The summed E-state index contributed by atoms with van der Waals surface area (Å²) < 4.78 is 0. The van der Waals surface area contributed by atoms with Crippen molar-refractivity contribution in [2.45, 2.75) is 31.1 Å². The molecule has 1 aliphatic carbocycles. The highest BCUT2D eigenvalue weighted by atomic mass is 35.5. The number of benzene rings is 1. The molecule has 0 saturated heterocycles. The molecule has 0 unspecified atom stereocenters. The lowest BCUT2D eigenvalue weighted by molar-refractivity contribution is 0.253. The summed E-state index contributed by atoms with van der Waals surface area (Å²) in [6.07, 6.45) is 6.18. The van der Waals surface area contributed by atoms with Gasteiger partial charge in [-0.1, -0.05) is 36.2 Å². The van der Waals surface area contributed by atoms with Gasteiger partial charge < -0.3 is 11.1 Å². The fourth-order valence-electron chi connectivity index (χ4n) is 3.10. The topological polar surface area (TPSA) is 63.3 Å². The second-order valence-electron chi connectivity index (χ2n) is 6.34. The highest BCUT2D eigenvalue weighted by Gasteiger charge is 2.38. The van der Waals surface area contributed by atoms with Crippen molar-refractivity contribution in [3.63, 3.8) is 0 Å². The maximum Gasteiger partial charge on any atom is 0.188 e. The van der Waals surface area contributed by atoms with Crippen molar-refractivity contribution >= 4 is 17.6 Å². The zero-order chi connectivity index (χ0) is 16.8. The summed E-state index contributed by atoms with van der Waals surface area (Å²) in [5, 5.41) is 3.95. The standard InChI is InChI=1S/C19H23ClN4/c20-16-7-5-15(6-8-16)19(10-3-11-19)14-24-18(21)23-13-9-17-4-1-2-12-22-17/h1-2,4-8,12H,3,9-11,13-14H2,(H3,21,23,24). The molecule has 2 aromatic rings. The number of nitrogens with one attached hydrogen (secondary N) is 1. The minimum atomic E-state index is 0.123. The maximum absolute atomic E-state index is 6.02. The van der Waals surface area contributed by atoms with Crippen LogP contribution in [-0.4, -0.2) is 24.0 Å². The Morgan fingerprint density at radius 1 is 1.21 bits per heavy atom. The lowest BCUT2D eigenvalue weighted by Crippen LogP contribution is -2.40. The Morgan fingerprint density at radius 3 is 2.62 bits per heavy atom. The van der Waals surface area contributed by atoms with Crippen molar-refractivity contribution in [3.8, 4) is 0 Å². The average molecular weight is 343 g/mol. The third-order valence-electron chi connectivity index (χ3n) is 4.73.